The van der Waals surface area contributed by atoms with Crippen molar-refractivity contribution in [2.24, 2.45) is 4.99 Å². The third-order valence-electron chi connectivity index (χ3n) is 2.38. The number of nitrogens with zero attached hydrogens (tertiary/aromatic N) is 1. The molecular weight excluding hydrogens is 232 g/mol. The molecule has 0 saturated carbocycles. The molecule has 5 heteroatoms. The number of anilines is 1. The van der Waals surface area contributed by atoms with Crippen molar-refractivity contribution >= 4 is 17.7 Å². The predicted molar refractivity (Wildman–Crippen MR) is 68.6 cm³/mol. The molecule has 1 amide bonds. The van der Waals surface area contributed by atoms with Crippen LogP contribution >= 0.6 is 0 Å². The molecule has 96 valence electrons. The van der Waals surface area contributed by atoms with Gasteiger partial charge in [0.1, 0.15) is 5.75 Å². The Morgan fingerprint density at radius 1 is 1.50 bits per heavy atom. The fourth-order valence-corrected chi connectivity index (χ4v) is 1.65. The van der Waals surface area contributed by atoms with Crippen molar-refractivity contribution in [1.82, 2.24) is 0 Å². The maximum absolute atomic E-state index is 11.0. The average Bonchev–Trinajstić information content (AvgIpc) is 2.34. The van der Waals surface area contributed by atoms with E-state index in [2.05, 4.69) is 10.3 Å². The molecular formula is C13H16N2O3. The molecule has 0 atom stereocenters. The van der Waals surface area contributed by atoms with Crippen LogP contribution in [0.25, 0.3) is 0 Å². The van der Waals surface area contributed by atoms with Crippen LogP contribution < -0.4 is 10.1 Å². The number of hydrogen-bond acceptors (Lipinski definition) is 4. The summed E-state index contributed by atoms with van der Waals surface area (Å²) in [6, 6.07) is 5.46. The molecule has 0 bridgehead atoms. The Balaban J connectivity index is 2.77. The van der Waals surface area contributed by atoms with Crippen LogP contribution in [0.1, 0.15) is 18.9 Å². The second-order valence-electron chi connectivity index (χ2n) is 3.78. The lowest BCUT2D eigenvalue weighted by Gasteiger charge is -2.10. The summed E-state index contributed by atoms with van der Waals surface area (Å²) >= 11 is 0. The Morgan fingerprint density at radius 3 is 2.89 bits per heavy atom. The molecule has 0 aliphatic heterocycles. The van der Waals surface area contributed by atoms with E-state index in [1.165, 1.54) is 13.0 Å². The van der Waals surface area contributed by atoms with Crippen molar-refractivity contribution in [3.63, 3.8) is 0 Å². The van der Waals surface area contributed by atoms with Gasteiger partial charge in [-0.25, -0.2) is 9.79 Å². The van der Waals surface area contributed by atoms with E-state index in [4.69, 9.17) is 4.74 Å². The lowest BCUT2D eigenvalue weighted by molar-refractivity contribution is -0.114. The van der Waals surface area contributed by atoms with Gasteiger partial charge < -0.3 is 10.1 Å². The number of aliphatic imine (C=N–C) groups is 1. The van der Waals surface area contributed by atoms with Gasteiger partial charge in [-0.05, 0) is 36.6 Å². The fraction of sp³-hybridized carbons (Fsp3) is 0.385. The van der Waals surface area contributed by atoms with Crippen molar-refractivity contribution in [2.75, 3.05) is 19.0 Å². The number of aryl methyl sites for hydroxylation is 1. The Bertz CT molecular complexity index is 465. The molecule has 1 rings (SSSR count). The predicted octanol–water partition coefficient (Wildman–Crippen LogP) is 1.92. The van der Waals surface area contributed by atoms with E-state index in [0.29, 0.717) is 6.54 Å². The Hall–Kier alpha value is -2.13. The fourth-order valence-electron chi connectivity index (χ4n) is 1.65. The minimum Gasteiger partial charge on any atom is -0.496 e. The number of carbonyl (C=O) groups is 1. The topological polar surface area (TPSA) is 67.8 Å². The minimum atomic E-state index is -0.114. The molecule has 0 aliphatic carbocycles. The molecule has 0 radical (unpaired) electrons. The zero-order valence-electron chi connectivity index (χ0n) is 10.5. The highest BCUT2D eigenvalue weighted by molar-refractivity contribution is 5.88. The molecule has 0 saturated heterocycles. The summed E-state index contributed by atoms with van der Waals surface area (Å²) in [4.78, 5) is 24.4. The first-order valence-electron chi connectivity index (χ1n) is 5.65. The Morgan fingerprint density at radius 2 is 2.28 bits per heavy atom. The van der Waals surface area contributed by atoms with E-state index in [1.807, 2.05) is 12.1 Å². The van der Waals surface area contributed by atoms with Gasteiger partial charge in [-0.2, -0.15) is 0 Å². The standard InChI is InChI=1S/C13H16N2O3/c1-10(17)15-12-5-6-13(18-2)11(8-12)4-3-7-14-9-16/h5-6,8H,3-4,7H2,1-2H3,(H,15,17). The third kappa shape index (κ3) is 4.39. The normalized spacial score (nSPS) is 9.44. The van der Waals surface area contributed by atoms with E-state index < -0.39 is 0 Å². The molecule has 0 unspecified atom stereocenters. The molecule has 0 fully saturated rings. The summed E-state index contributed by atoms with van der Waals surface area (Å²) in [6.45, 7) is 1.90. The lowest BCUT2D eigenvalue weighted by atomic mass is 10.1. The third-order valence-corrected chi connectivity index (χ3v) is 2.38. The summed E-state index contributed by atoms with van der Waals surface area (Å²) in [5, 5.41) is 2.72. The van der Waals surface area contributed by atoms with Crippen LogP contribution in [0.15, 0.2) is 23.2 Å². The minimum absolute atomic E-state index is 0.114. The summed E-state index contributed by atoms with van der Waals surface area (Å²) in [5.74, 6) is 0.649. The summed E-state index contributed by atoms with van der Waals surface area (Å²) in [6.07, 6.45) is 2.96. The molecule has 0 aromatic heterocycles. The SMILES string of the molecule is COc1ccc(NC(C)=O)cc1CCCN=C=O. The number of amides is 1. The number of carbonyl (C=O) groups excluding carboxylic acids is 2. The molecule has 1 aromatic carbocycles. The number of hydrogen-bond donors (Lipinski definition) is 1. The van der Waals surface area contributed by atoms with Gasteiger partial charge in [0.15, 0.2) is 0 Å². The van der Waals surface area contributed by atoms with Crippen LogP contribution in [-0.4, -0.2) is 25.6 Å². The van der Waals surface area contributed by atoms with Crippen molar-refractivity contribution in [2.45, 2.75) is 19.8 Å². The maximum atomic E-state index is 11.0. The highest BCUT2D eigenvalue weighted by Gasteiger charge is 2.05. The van der Waals surface area contributed by atoms with Crippen LogP contribution in [0.5, 0.6) is 5.75 Å². The van der Waals surface area contributed by atoms with E-state index in [9.17, 15) is 9.59 Å². The zero-order chi connectivity index (χ0) is 13.4. The van der Waals surface area contributed by atoms with Gasteiger partial charge in [0.2, 0.25) is 12.0 Å². The van der Waals surface area contributed by atoms with Gasteiger partial charge in [-0.15, -0.1) is 0 Å². The molecule has 1 N–H and O–H groups in total. The second kappa shape index (κ2) is 7.25. The number of nitrogens with one attached hydrogen (secondary N) is 1. The first-order chi connectivity index (χ1) is 8.67. The van der Waals surface area contributed by atoms with Crippen LogP contribution in [-0.2, 0) is 16.0 Å². The van der Waals surface area contributed by atoms with Crippen LogP contribution in [0.2, 0.25) is 0 Å². The highest BCUT2D eigenvalue weighted by Crippen LogP contribution is 2.23. The van der Waals surface area contributed by atoms with E-state index >= 15 is 0 Å². The smallest absolute Gasteiger partial charge is 0.234 e. The second-order valence-corrected chi connectivity index (χ2v) is 3.78. The summed E-state index contributed by atoms with van der Waals surface area (Å²) in [5.41, 5.74) is 1.71. The van der Waals surface area contributed by atoms with Crippen molar-refractivity contribution in [1.29, 1.82) is 0 Å². The number of isocyanates is 1. The van der Waals surface area contributed by atoms with Gasteiger partial charge in [-0.1, -0.05) is 0 Å². The number of ether oxygens (including phenoxy) is 1. The lowest BCUT2D eigenvalue weighted by Crippen LogP contribution is -2.06. The largest absolute Gasteiger partial charge is 0.496 e. The monoisotopic (exact) mass is 248 g/mol. The van der Waals surface area contributed by atoms with Crippen molar-refractivity contribution in [3.8, 4) is 5.75 Å². The summed E-state index contributed by atoms with van der Waals surface area (Å²) in [7, 11) is 1.60. The molecule has 1 aromatic rings. The van der Waals surface area contributed by atoms with Crippen molar-refractivity contribution in [3.05, 3.63) is 23.8 Å². The number of benzene rings is 1. The van der Waals surface area contributed by atoms with E-state index in [1.54, 1.807) is 13.2 Å². The first-order valence-corrected chi connectivity index (χ1v) is 5.65. The van der Waals surface area contributed by atoms with Gasteiger partial charge in [0.25, 0.3) is 0 Å². The molecule has 0 aliphatic rings. The number of methoxy groups -OCH3 is 1. The Labute approximate surface area is 106 Å². The maximum Gasteiger partial charge on any atom is 0.234 e. The van der Waals surface area contributed by atoms with Gasteiger partial charge in [0, 0.05) is 12.6 Å². The quantitative estimate of drug-likeness (QED) is 0.475. The van der Waals surface area contributed by atoms with Gasteiger partial charge in [0.05, 0.1) is 13.7 Å². The first kappa shape index (κ1) is 13.9. The molecule has 0 heterocycles. The van der Waals surface area contributed by atoms with Crippen LogP contribution in [0, 0.1) is 0 Å². The molecule has 0 spiro atoms. The Kier molecular flexibility index (Phi) is 5.61. The molecule has 18 heavy (non-hydrogen) atoms. The zero-order valence-corrected chi connectivity index (χ0v) is 10.5. The number of rotatable bonds is 6. The summed E-state index contributed by atoms with van der Waals surface area (Å²) < 4.78 is 5.24. The molecule has 5 nitrogen and oxygen atoms in total. The van der Waals surface area contributed by atoms with E-state index in [-0.39, 0.29) is 5.91 Å². The van der Waals surface area contributed by atoms with Gasteiger partial charge in [-0.3, -0.25) is 4.79 Å². The van der Waals surface area contributed by atoms with Gasteiger partial charge >= 0.3 is 0 Å². The average molecular weight is 248 g/mol. The van der Waals surface area contributed by atoms with Crippen molar-refractivity contribution < 1.29 is 14.3 Å². The van der Waals surface area contributed by atoms with Crippen LogP contribution in [0.4, 0.5) is 5.69 Å². The van der Waals surface area contributed by atoms with Crippen LogP contribution in [0.3, 0.4) is 0 Å². The van der Waals surface area contributed by atoms with E-state index in [0.717, 1.165) is 29.8 Å². The highest BCUT2D eigenvalue weighted by atomic mass is 16.5.